The summed E-state index contributed by atoms with van der Waals surface area (Å²) in [5.74, 6) is -0.387. The number of carbonyl (C=O) groups is 2. The molecule has 0 radical (unpaired) electrons. The predicted octanol–water partition coefficient (Wildman–Crippen LogP) is 6.85. The maximum atomic E-state index is 13.7. The lowest BCUT2D eigenvalue weighted by Gasteiger charge is -2.14. The van der Waals surface area contributed by atoms with E-state index in [1.54, 1.807) is 24.3 Å². The molecule has 198 valence electrons. The van der Waals surface area contributed by atoms with E-state index < -0.39 is 5.91 Å². The Morgan fingerprint density at radius 3 is 2.26 bits per heavy atom. The van der Waals surface area contributed by atoms with Gasteiger partial charge < -0.3 is 15.2 Å². The number of hydrogen-bond acceptors (Lipinski definition) is 4. The zero-order valence-electron chi connectivity index (χ0n) is 21.8. The van der Waals surface area contributed by atoms with E-state index in [1.165, 1.54) is 0 Å². The molecule has 2 amide bonds. The van der Waals surface area contributed by atoms with Gasteiger partial charge in [-0.3, -0.25) is 9.59 Å². The molecule has 0 fully saturated rings. The summed E-state index contributed by atoms with van der Waals surface area (Å²) in [4.78, 5) is 37.0. The van der Waals surface area contributed by atoms with Gasteiger partial charge in [-0.15, -0.1) is 0 Å². The number of rotatable bonds is 10. The average molecular weight is 540 g/mol. The normalized spacial score (nSPS) is 11.1. The molecule has 39 heavy (non-hydrogen) atoms. The van der Waals surface area contributed by atoms with Crippen LogP contribution in [0.1, 0.15) is 58.9 Å². The molecule has 0 spiro atoms. The van der Waals surface area contributed by atoms with Crippen molar-refractivity contribution in [3.8, 4) is 0 Å². The van der Waals surface area contributed by atoms with Crippen LogP contribution in [-0.2, 0) is 6.54 Å². The van der Waals surface area contributed by atoms with Crippen LogP contribution in [0.25, 0.3) is 22.2 Å². The molecular formula is C31H30ClN5O2. The molecule has 0 saturated carbocycles. The number of amides is 2. The molecule has 2 heterocycles. The summed E-state index contributed by atoms with van der Waals surface area (Å²) in [5, 5.41) is 6.36. The largest absolute Gasteiger partial charge is 0.352 e. The Kier molecular flexibility index (Phi) is 8.18. The molecule has 0 aliphatic rings. The van der Waals surface area contributed by atoms with Crippen molar-refractivity contribution >= 4 is 51.4 Å². The third kappa shape index (κ3) is 5.78. The van der Waals surface area contributed by atoms with E-state index in [0.29, 0.717) is 51.7 Å². The van der Waals surface area contributed by atoms with Crippen LogP contribution < -0.4 is 10.6 Å². The van der Waals surface area contributed by atoms with Crippen LogP contribution in [0.2, 0.25) is 5.02 Å². The number of para-hydroxylation sites is 2. The van der Waals surface area contributed by atoms with Crippen LogP contribution in [0.15, 0.2) is 78.9 Å². The molecule has 2 aromatic heterocycles. The van der Waals surface area contributed by atoms with Gasteiger partial charge in [0.2, 0.25) is 0 Å². The maximum absolute atomic E-state index is 13.7. The number of halogens is 1. The third-order valence-electron chi connectivity index (χ3n) is 6.63. The van der Waals surface area contributed by atoms with Gasteiger partial charge in [-0.05, 0) is 36.2 Å². The summed E-state index contributed by atoms with van der Waals surface area (Å²) < 4.78 is 1.85. The molecule has 0 atom stereocenters. The van der Waals surface area contributed by atoms with Crippen LogP contribution in [-0.4, -0.2) is 32.9 Å². The summed E-state index contributed by atoms with van der Waals surface area (Å²) in [7, 11) is 0. The molecular weight excluding hydrogens is 510 g/mol. The van der Waals surface area contributed by atoms with Crippen molar-refractivity contribution in [3.63, 3.8) is 0 Å². The van der Waals surface area contributed by atoms with E-state index in [0.717, 1.165) is 31.2 Å². The second-order valence-electron chi connectivity index (χ2n) is 9.43. The highest BCUT2D eigenvalue weighted by Gasteiger charge is 2.27. The van der Waals surface area contributed by atoms with Crippen LogP contribution >= 0.6 is 11.6 Å². The molecule has 0 unspecified atom stereocenters. The van der Waals surface area contributed by atoms with Gasteiger partial charge in [0.1, 0.15) is 16.9 Å². The zero-order chi connectivity index (χ0) is 27.2. The second kappa shape index (κ2) is 12.1. The summed E-state index contributed by atoms with van der Waals surface area (Å²) in [6, 6.07) is 24.2. The van der Waals surface area contributed by atoms with E-state index >= 15 is 0 Å². The minimum absolute atomic E-state index is 0.287. The van der Waals surface area contributed by atoms with E-state index in [1.807, 2.05) is 59.2 Å². The van der Waals surface area contributed by atoms with Crippen molar-refractivity contribution in [2.24, 2.45) is 0 Å². The second-order valence-corrected chi connectivity index (χ2v) is 9.84. The topological polar surface area (TPSA) is 88.9 Å². The fourth-order valence-corrected chi connectivity index (χ4v) is 4.85. The number of fused-ring (bicyclic) bond motifs is 2. The highest BCUT2D eigenvalue weighted by atomic mass is 35.5. The minimum Gasteiger partial charge on any atom is -0.352 e. The number of benzene rings is 3. The van der Waals surface area contributed by atoms with Crippen molar-refractivity contribution < 1.29 is 9.59 Å². The SMILES string of the molecule is CCCCCCNC(=O)c1c(NC(=O)c2ccccc2Cl)n(Cc2ccccc2)c2nc3ccccc3nc12. The van der Waals surface area contributed by atoms with Gasteiger partial charge in [0, 0.05) is 6.54 Å². The number of unbranched alkanes of at least 4 members (excludes halogenated alkanes) is 3. The molecule has 7 nitrogen and oxygen atoms in total. The molecule has 0 saturated heterocycles. The van der Waals surface area contributed by atoms with E-state index in [-0.39, 0.29) is 11.5 Å². The number of nitrogens with zero attached hydrogens (tertiary/aromatic N) is 3. The van der Waals surface area contributed by atoms with Crippen LogP contribution in [0.4, 0.5) is 5.82 Å². The molecule has 3 aromatic carbocycles. The Labute approximate surface area is 232 Å². The Morgan fingerprint density at radius 2 is 1.51 bits per heavy atom. The average Bonchev–Trinajstić information content (AvgIpc) is 3.23. The number of aromatic nitrogens is 3. The van der Waals surface area contributed by atoms with Crippen molar-refractivity contribution in [1.29, 1.82) is 0 Å². The minimum atomic E-state index is -0.417. The number of carbonyl (C=O) groups excluding carboxylic acids is 2. The van der Waals surface area contributed by atoms with Crippen molar-refractivity contribution in [3.05, 3.63) is 101 Å². The molecule has 5 aromatic rings. The van der Waals surface area contributed by atoms with E-state index in [4.69, 9.17) is 21.6 Å². The first-order chi connectivity index (χ1) is 19.1. The highest BCUT2D eigenvalue weighted by Crippen LogP contribution is 2.32. The Bertz CT molecular complexity index is 1630. The quantitative estimate of drug-likeness (QED) is 0.190. The first-order valence-electron chi connectivity index (χ1n) is 13.2. The van der Waals surface area contributed by atoms with Gasteiger partial charge in [0.25, 0.3) is 11.8 Å². The van der Waals surface area contributed by atoms with Crippen molar-refractivity contribution in [1.82, 2.24) is 19.9 Å². The molecule has 5 rings (SSSR count). The predicted molar refractivity (Wildman–Crippen MR) is 156 cm³/mol. The third-order valence-corrected chi connectivity index (χ3v) is 6.96. The zero-order valence-corrected chi connectivity index (χ0v) is 22.5. The lowest BCUT2D eigenvalue weighted by Crippen LogP contribution is -2.26. The smallest absolute Gasteiger partial charge is 0.258 e. The van der Waals surface area contributed by atoms with E-state index in [9.17, 15) is 9.59 Å². The van der Waals surface area contributed by atoms with Gasteiger partial charge >= 0.3 is 0 Å². The molecule has 2 N–H and O–H groups in total. The Morgan fingerprint density at radius 1 is 0.821 bits per heavy atom. The lowest BCUT2D eigenvalue weighted by atomic mass is 10.2. The maximum Gasteiger partial charge on any atom is 0.258 e. The first kappa shape index (κ1) is 26.4. The number of nitrogens with one attached hydrogen (secondary N) is 2. The number of hydrogen-bond donors (Lipinski definition) is 2. The molecule has 8 heteroatoms. The summed E-state index contributed by atoms with van der Waals surface area (Å²) in [6.07, 6.45) is 4.13. The molecule has 0 aliphatic carbocycles. The first-order valence-corrected chi connectivity index (χ1v) is 13.6. The van der Waals surface area contributed by atoms with Crippen LogP contribution in [0, 0.1) is 0 Å². The van der Waals surface area contributed by atoms with Crippen LogP contribution in [0.5, 0.6) is 0 Å². The van der Waals surface area contributed by atoms with Crippen LogP contribution in [0.3, 0.4) is 0 Å². The molecule has 0 aliphatic heterocycles. The van der Waals surface area contributed by atoms with E-state index in [2.05, 4.69) is 17.6 Å². The summed E-state index contributed by atoms with van der Waals surface area (Å²) >= 11 is 6.35. The standard InChI is InChI=1S/C31H30ClN5O2/c1-2-3-4-12-19-33-31(39)26-27-29(35-25-18-11-10-17-24(25)34-27)37(20-21-13-6-5-7-14-21)28(26)36-30(38)22-15-8-9-16-23(22)32/h5-11,13-18H,2-4,12,19-20H2,1H3,(H,33,39)(H,36,38). The molecule has 0 bridgehead atoms. The Hall–Kier alpha value is -4.23. The number of anilines is 1. The highest BCUT2D eigenvalue weighted by molar-refractivity contribution is 6.34. The summed E-state index contributed by atoms with van der Waals surface area (Å²) in [6.45, 7) is 3.06. The fourth-order valence-electron chi connectivity index (χ4n) is 4.63. The monoisotopic (exact) mass is 539 g/mol. The fraction of sp³-hybridized carbons (Fsp3) is 0.226. The van der Waals surface area contributed by atoms with Crippen molar-refractivity contribution in [2.75, 3.05) is 11.9 Å². The Balaban J connectivity index is 1.66. The van der Waals surface area contributed by atoms with Gasteiger partial charge in [-0.1, -0.05) is 92.4 Å². The van der Waals surface area contributed by atoms with Gasteiger partial charge in [0.05, 0.1) is 28.2 Å². The lowest BCUT2D eigenvalue weighted by molar-refractivity contribution is 0.0955. The van der Waals surface area contributed by atoms with Gasteiger partial charge in [-0.2, -0.15) is 0 Å². The van der Waals surface area contributed by atoms with Crippen molar-refractivity contribution in [2.45, 2.75) is 39.2 Å². The van der Waals surface area contributed by atoms with Gasteiger partial charge in [0.15, 0.2) is 5.65 Å². The van der Waals surface area contributed by atoms with Gasteiger partial charge in [-0.25, -0.2) is 9.97 Å². The summed E-state index contributed by atoms with van der Waals surface area (Å²) in [5.41, 5.74) is 3.91.